The average molecular weight is 532 g/mol. The standard InChI is InChI=1S/C27H16O12/c1-8(28)10-3-12-23(33)11-4-14(30)15(31)5-17(11)39-26(12)19(9(2)29)20(10)13-7-38-18-6-16(32)25(35)22(27(36)37)21(18)24(13)34/h3-7,30-32,35H,1-2H3,(H,36,37). The number of aromatic carboxylic acids is 1. The SMILES string of the molecule is CC(=O)c1cc2c(=O)c3cc(O)c(O)cc3oc2c(C(C)=O)c1-c1coc2cc(O)c(O)c(C(=O)O)c2c1=O. The van der Waals surface area contributed by atoms with Crippen molar-refractivity contribution in [3.63, 3.8) is 0 Å². The Morgan fingerprint density at radius 1 is 0.744 bits per heavy atom. The van der Waals surface area contributed by atoms with Gasteiger partial charge in [0.2, 0.25) is 10.9 Å². The van der Waals surface area contributed by atoms with Crippen molar-refractivity contribution in [1.29, 1.82) is 0 Å². The molecule has 12 nitrogen and oxygen atoms in total. The van der Waals surface area contributed by atoms with Crippen molar-refractivity contribution in [1.82, 2.24) is 0 Å². The zero-order valence-corrected chi connectivity index (χ0v) is 20.0. The van der Waals surface area contributed by atoms with Gasteiger partial charge in [0, 0.05) is 23.3 Å². The fourth-order valence-corrected chi connectivity index (χ4v) is 4.55. The molecule has 5 N–H and O–H groups in total. The molecule has 0 spiro atoms. The molecule has 3 aromatic carbocycles. The number of carbonyl (C=O) groups is 3. The van der Waals surface area contributed by atoms with Crippen molar-refractivity contribution < 1.29 is 48.8 Å². The molecular weight excluding hydrogens is 516 g/mol. The van der Waals surface area contributed by atoms with E-state index in [1.54, 1.807) is 0 Å². The van der Waals surface area contributed by atoms with Gasteiger partial charge in [0.05, 0.1) is 27.3 Å². The summed E-state index contributed by atoms with van der Waals surface area (Å²) in [4.78, 5) is 64.6. The number of carbonyl (C=O) groups excluding carboxylic acids is 2. The highest BCUT2D eigenvalue weighted by atomic mass is 16.4. The third kappa shape index (κ3) is 3.57. The van der Waals surface area contributed by atoms with Crippen molar-refractivity contribution in [2.24, 2.45) is 0 Å². The molecule has 0 aliphatic rings. The van der Waals surface area contributed by atoms with Crippen molar-refractivity contribution in [3.05, 3.63) is 67.7 Å². The van der Waals surface area contributed by atoms with E-state index in [0.29, 0.717) is 0 Å². The maximum absolute atomic E-state index is 13.7. The lowest BCUT2D eigenvalue weighted by molar-refractivity contribution is 0.0694. The first-order valence-electron chi connectivity index (χ1n) is 11.1. The van der Waals surface area contributed by atoms with Crippen molar-refractivity contribution >= 4 is 50.4 Å². The quantitative estimate of drug-likeness (QED) is 0.127. The first-order valence-corrected chi connectivity index (χ1v) is 11.1. The summed E-state index contributed by atoms with van der Waals surface area (Å²) in [5.41, 5.74) is -5.23. The van der Waals surface area contributed by atoms with Crippen LogP contribution in [0.4, 0.5) is 0 Å². The first kappa shape index (κ1) is 25.0. The van der Waals surface area contributed by atoms with E-state index in [0.717, 1.165) is 44.4 Å². The van der Waals surface area contributed by atoms with Crippen LogP contribution < -0.4 is 10.9 Å². The normalized spacial score (nSPS) is 11.3. The lowest BCUT2D eigenvalue weighted by atomic mass is 9.88. The topological polar surface area (TPSA) is 213 Å². The summed E-state index contributed by atoms with van der Waals surface area (Å²) in [5, 5.41) is 48.3. The Bertz CT molecular complexity index is 2080. The Morgan fingerprint density at radius 3 is 2.00 bits per heavy atom. The van der Waals surface area contributed by atoms with Gasteiger partial charge in [0.15, 0.2) is 34.6 Å². The predicted octanol–water partition coefficient (Wildman–Crippen LogP) is 3.65. The molecule has 5 rings (SSSR count). The number of hydrogen-bond donors (Lipinski definition) is 5. The van der Waals surface area contributed by atoms with E-state index in [4.69, 9.17) is 8.83 Å². The molecule has 0 amide bonds. The van der Waals surface area contributed by atoms with Gasteiger partial charge in [-0.1, -0.05) is 0 Å². The minimum atomic E-state index is -1.77. The Labute approximate surface area is 215 Å². The van der Waals surface area contributed by atoms with Crippen LogP contribution in [0, 0.1) is 0 Å². The molecule has 2 heterocycles. The minimum Gasteiger partial charge on any atom is -0.504 e. The molecular formula is C27H16O12. The molecule has 0 saturated carbocycles. The van der Waals surface area contributed by atoms with Crippen molar-refractivity contribution in [2.45, 2.75) is 13.8 Å². The molecule has 196 valence electrons. The number of carboxylic acids is 1. The number of Topliss-reactive ketones (excluding diaryl/α,β-unsaturated/α-hetero) is 2. The number of aromatic hydroxyl groups is 4. The summed E-state index contributed by atoms with van der Waals surface area (Å²) in [6.45, 7) is 2.19. The van der Waals surface area contributed by atoms with E-state index in [9.17, 15) is 49.5 Å². The van der Waals surface area contributed by atoms with Crippen molar-refractivity contribution in [3.8, 4) is 34.1 Å². The van der Waals surface area contributed by atoms with Crippen LogP contribution in [0.1, 0.15) is 44.9 Å². The van der Waals surface area contributed by atoms with Gasteiger partial charge in [-0.05, 0) is 26.0 Å². The van der Waals surface area contributed by atoms with Crippen LogP contribution in [-0.2, 0) is 0 Å². The molecule has 0 fully saturated rings. The molecule has 0 bridgehead atoms. The van der Waals surface area contributed by atoms with E-state index in [2.05, 4.69) is 0 Å². The highest BCUT2D eigenvalue weighted by Gasteiger charge is 2.29. The number of phenols is 4. The van der Waals surface area contributed by atoms with Crippen LogP contribution in [0.2, 0.25) is 0 Å². The number of rotatable bonds is 4. The fraction of sp³-hybridized carbons (Fsp3) is 0.0741. The van der Waals surface area contributed by atoms with Crippen LogP contribution in [0.15, 0.2) is 49.0 Å². The molecule has 0 atom stereocenters. The highest BCUT2D eigenvalue weighted by molar-refractivity contribution is 6.18. The number of phenolic OH excluding ortho intramolecular Hbond substituents is 3. The molecule has 5 aromatic rings. The van der Waals surface area contributed by atoms with E-state index in [1.165, 1.54) is 0 Å². The number of carboxylic acid groups (broad SMARTS) is 1. The van der Waals surface area contributed by atoms with Gasteiger partial charge in [0.25, 0.3) is 0 Å². The van der Waals surface area contributed by atoms with Gasteiger partial charge in [0.1, 0.15) is 28.6 Å². The van der Waals surface area contributed by atoms with Crippen LogP contribution in [-0.4, -0.2) is 43.1 Å². The zero-order valence-electron chi connectivity index (χ0n) is 20.0. The molecule has 2 aromatic heterocycles. The summed E-state index contributed by atoms with van der Waals surface area (Å²) in [5.74, 6) is -6.40. The van der Waals surface area contributed by atoms with E-state index < -0.39 is 79.1 Å². The average Bonchev–Trinajstić information content (AvgIpc) is 2.85. The number of fused-ring (bicyclic) bond motifs is 3. The second-order valence-corrected chi connectivity index (χ2v) is 8.71. The second-order valence-electron chi connectivity index (χ2n) is 8.71. The molecule has 0 aliphatic carbocycles. The van der Waals surface area contributed by atoms with Gasteiger partial charge in [-0.25, -0.2) is 4.79 Å². The molecule has 0 aliphatic heterocycles. The van der Waals surface area contributed by atoms with Gasteiger partial charge < -0.3 is 34.4 Å². The smallest absolute Gasteiger partial charge is 0.340 e. The highest BCUT2D eigenvalue weighted by Crippen LogP contribution is 2.39. The van der Waals surface area contributed by atoms with Crippen molar-refractivity contribution in [2.75, 3.05) is 0 Å². The lowest BCUT2D eigenvalue weighted by Crippen LogP contribution is -2.16. The van der Waals surface area contributed by atoms with Gasteiger partial charge in [-0.2, -0.15) is 0 Å². The second kappa shape index (κ2) is 8.45. The monoisotopic (exact) mass is 532 g/mol. The fourth-order valence-electron chi connectivity index (χ4n) is 4.55. The first-order chi connectivity index (χ1) is 18.3. The Balaban J connectivity index is 2.04. The molecule has 0 radical (unpaired) electrons. The number of benzene rings is 3. The van der Waals surface area contributed by atoms with E-state index >= 15 is 0 Å². The van der Waals surface area contributed by atoms with Crippen LogP contribution in [0.3, 0.4) is 0 Å². The lowest BCUT2D eigenvalue weighted by Gasteiger charge is -2.15. The van der Waals surface area contributed by atoms with Gasteiger partial charge in [-0.15, -0.1) is 0 Å². The van der Waals surface area contributed by atoms with Crippen LogP contribution in [0.25, 0.3) is 44.0 Å². The summed E-state index contributed by atoms with van der Waals surface area (Å²) in [7, 11) is 0. The molecule has 12 heteroatoms. The van der Waals surface area contributed by atoms with Crippen LogP contribution in [0.5, 0.6) is 23.0 Å². The third-order valence-corrected chi connectivity index (χ3v) is 6.29. The van der Waals surface area contributed by atoms with E-state index in [1.807, 2.05) is 0 Å². The molecule has 0 unspecified atom stereocenters. The maximum Gasteiger partial charge on any atom is 0.340 e. The van der Waals surface area contributed by atoms with Crippen LogP contribution >= 0.6 is 0 Å². The van der Waals surface area contributed by atoms with E-state index in [-0.39, 0.29) is 33.1 Å². The number of hydrogen-bond acceptors (Lipinski definition) is 11. The molecule has 39 heavy (non-hydrogen) atoms. The summed E-state index contributed by atoms with van der Waals surface area (Å²) in [6, 6.07) is 3.82. The van der Waals surface area contributed by atoms with Gasteiger partial charge >= 0.3 is 5.97 Å². The minimum absolute atomic E-state index is 0.166. The summed E-state index contributed by atoms with van der Waals surface area (Å²) >= 11 is 0. The Morgan fingerprint density at radius 2 is 1.38 bits per heavy atom. The third-order valence-electron chi connectivity index (χ3n) is 6.29. The van der Waals surface area contributed by atoms with Gasteiger partial charge in [-0.3, -0.25) is 19.2 Å². The number of ketones is 2. The zero-order chi connectivity index (χ0) is 28.5. The summed E-state index contributed by atoms with van der Waals surface area (Å²) in [6.07, 6.45) is 0.843. The predicted molar refractivity (Wildman–Crippen MR) is 135 cm³/mol. The Hall–Kier alpha value is -5.65. The molecule has 0 saturated heterocycles. The summed E-state index contributed by atoms with van der Waals surface area (Å²) < 4.78 is 11.2. The largest absolute Gasteiger partial charge is 0.504 e. The maximum atomic E-state index is 13.7. The Kier molecular flexibility index (Phi) is 5.42.